The summed E-state index contributed by atoms with van der Waals surface area (Å²) in [5.41, 5.74) is 1.92. The van der Waals surface area contributed by atoms with Crippen LogP contribution in [0.2, 0.25) is 0 Å². The second-order valence-electron chi connectivity index (χ2n) is 9.43. The fraction of sp³-hybridized carbons (Fsp3) is 0.308. The number of aromatic nitrogens is 2. The van der Waals surface area contributed by atoms with Gasteiger partial charge in [0.15, 0.2) is 0 Å². The Bertz CT molecular complexity index is 1390. The molecule has 5 rings (SSSR count). The Kier molecular flexibility index (Phi) is 6.20. The molecule has 1 saturated heterocycles. The van der Waals surface area contributed by atoms with Crippen LogP contribution < -0.4 is 5.32 Å². The normalized spacial score (nSPS) is 19.6. The van der Waals surface area contributed by atoms with Crippen molar-refractivity contribution in [3.05, 3.63) is 77.2 Å². The molecular formula is C26H23F4N5O3. The lowest BCUT2D eigenvalue weighted by atomic mass is 9.91. The number of carbonyl (C=O) groups is 3. The van der Waals surface area contributed by atoms with Gasteiger partial charge in [-0.05, 0) is 66.3 Å². The van der Waals surface area contributed by atoms with E-state index >= 15 is 0 Å². The second-order valence-corrected chi connectivity index (χ2v) is 9.43. The number of urea groups is 1. The summed E-state index contributed by atoms with van der Waals surface area (Å²) in [6.45, 7) is -0.525. The van der Waals surface area contributed by atoms with Crippen LogP contribution in [-0.4, -0.2) is 56.6 Å². The van der Waals surface area contributed by atoms with E-state index in [0.717, 1.165) is 35.9 Å². The Morgan fingerprint density at radius 1 is 1.16 bits per heavy atom. The van der Waals surface area contributed by atoms with Crippen LogP contribution >= 0.6 is 0 Å². The minimum absolute atomic E-state index is 0.252. The number of amides is 4. The number of carbonyl (C=O) groups excluding carboxylic acids is 3. The average Bonchev–Trinajstić information content (AvgIpc) is 3.59. The Morgan fingerprint density at radius 3 is 2.55 bits per heavy atom. The van der Waals surface area contributed by atoms with Gasteiger partial charge in [0, 0.05) is 12.7 Å². The molecule has 198 valence electrons. The largest absolute Gasteiger partial charge is 0.408 e. The molecule has 2 aromatic carbocycles. The maximum Gasteiger partial charge on any atom is 0.408 e. The van der Waals surface area contributed by atoms with Crippen molar-refractivity contribution in [3.63, 3.8) is 0 Å². The molecule has 0 saturated carbocycles. The van der Waals surface area contributed by atoms with Crippen molar-refractivity contribution in [3.8, 4) is 11.3 Å². The van der Waals surface area contributed by atoms with Gasteiger partial charge in [0.2, 0.25) is 5.91 Å². The number of H-pyrrole nitrogens is 1. The summed E-state index contributed by atoms with van der Waals surface area (Å²) in [5, 5.41) is 9.48. The summed E-state index contributed by atoms with van der Waals surface area (Å²) < 4.78 is 54.1. The lowest BCUT2D eigenvalue weighted by Crippen LogP contribution is -2.51. The Hall–Kier alpha value is -4.22. The van der Waals surface area contributed by atoms with Crippen LogP contribution in [0.5, 0.6) is 0 Å². The second kappa shape index (κ2) is 9.26. The highest BCUT2D eigenvalue weighted by molar-refractivity contribution is 6.10. The highest BCUT2D eigenvalue weighted by atomic mass is 19.4. The molecule has 3 aromatic rings. The number of nitrogens with one attached hydrogen (secondary N) is 2. The fourth-order valence-corrected chi connectivity index (χ4v) is 5.01. The zero-order valence-corrected chi connectivity index (χ0v) is 20.2. The van der Waals surface area contributed by atoms with Crippen molar-refractivity contribution in [1.29, 1.82) is 0 Å². The molecule has 0 bridgehead atoms. The van der Waals surface area contributed by atoms with Crippen molar-refractivity contribution >= 4 is 17.8 Å². The Balaban J connectivity index is 1.39. The third kappa shape index (κ3) is 4.39. The molecule has 1 spiro atoms. The number of nitrogens with zero attached hydrogens (tertiary/aromatic N) is 3. The Morgan fingerprint density at radius 2 is 1.89 bits per heavy atom. The number of hydrogen-bond acceptors (Lipinski definition) is 4. The lowest BCUT2D eigenvalue weighted by Gasteiger charge is -2.32. The molecule has 1 aliphatic heterocycles. The molecule has 4 amide bonds. The standard InChI is InChI=1S/C26H23F4N5O3/c1-15(26(28,29)30)34(13-16-2-5-19(27)6-3-16)22(36)14-35-23(37)25(32-24(35)38)10-8-17-12-18(4-7-20(17)25)21-9-11-31-33-21/h2-7,9,11-12,15H,8,10,13-14H2,1H3,(H,31,33)(H,32,38)/t15-,25-/m0/s1. The fourth-order valence-electron chi connectivity index (χ4n) is 5.01. The lowest BCUT2D eigenvalue weighted by molar-refractivity contribution is -0.187. The van der Waals surface area contributed by atoms with E-state index < -0.39 is 54.5 Å². The van der Waals surface area contributed by atoms with Crippen LogP contribution in [0.25, 0.3) is 11.3 Å². The summed E-state index contributed by atoms with van der Waals surface area (Å²) in [6, 6.07) is 8.83. The summed E-state index contributed by atoms with van der Waals surface area (Å²) in [4.78, 5) is 40.8. The van der Waals surface area contributed by atoms with E-state index in [1.54, 1.807) is 24.4 Å². The highest BCUT2D eigenvalue weighted by Gasteiger charge is 2.56. The van der Waals surface area contributed by atoms with Crippen LogP contribution in [0.3, 0.4) is 0 Å². The van der Waals surface area contributed by atoms with Gasteiger partial charge < -0.3 is 10.2 Å². The molecule has 38 heavy (non-hydrogen) atoms. The number of hydrogen-bond donors (Lipinski definition) is 2. The first-order chi connectivity index (χ1) is 18.0. The molecule has 2 aliphatic rings. The molecule has 0 radical (unpaired) electrons. The van der Waals surface area contributed by atoms with E-state index in [-0.39, 0.29) is 12.0 Å². The monoisotopic (exact) mass is 529 g/mol. The molecule has 2 N–H and O–H groups in total. The van der Waals surface area contributed by atoms with E-state index in [4.69, 9.17) is 0 Å². The number of aromatic amines is 1. The summed E-state index contributed by atoms with van der Waals surface area (Å²) >= 11 is 0. The molecule has 12 heteroatoms. The van der Waals surface area contributed by atoms with Crippen LogP contribution in [0.4, 0.5) is 22.4 Å². The number of alkyl halides is 3. The van der Waals surface area contributed by atoms with Gasteiger partial charge in [-0.15, -0.1) is 0 Å². The molecule has 8 nitrogen and oxygen atoms in total. The maximum atomic E-state index is 13.6. The third-order valence-corrected chi connectivity index (χ3v) is 7.14. The van der Waals surface area contributed by atoms with E-state index in [9.17, 15) is 31.9 Å². The van der Waals surface area contributed by atoms with Crippen molar-refractivity contribution in [2.75, 3.05) is 6.54 Å². The van der Waals surface area contributed by atoms with Crippen molar-refractivity contribution in [2.45, 2.75) is 44.1 Å². The first-order valence-corrected chi connectivity index (χ1v) is 11.9. The van der Waals surface area contributed by atoms with Crippen LogP contribution in [0.15, 0.2) is 54.7 Å². The van der Waals surface area contributed by atoms with Gasteiger partial charge in [0.25, 0.3) is 5.91 Å². The quantitative estimate of drug-likeness (QED) is 0.374. The van der Waals surface area contributed by atoms with Crippen LogP contribution in [0.1, 0.15) is 30.0 Å². The number of imide groups is 1. The molecule has 0 unspecified atom stereocenters. The number of halogens is 4. The van der Waals surface area contributed by atoms with Gasteiger partial charge in [-0.25, -0.2) is 9.18 Å². The maximum absolute atomic E-state index is 13.6. The molecule has 1 fully saturated rings. The summed E-state index contributed by atoms with van der Waals surface area (Å²) in [5.74, 6) is -2.33. The number of rotatable bonds is 6. The van der Waals surface area contributed by atoms with Gasteiger partial charge in [0.05, 0.1) is 5.69 Å². The summed E-state index contributed by atoms with van der Waals surface area (Å²) in [6.07, 6.45) is -2.42. The predicted molar refractivity (Wildman–Crippen MR) is 127 cm³/mol. The molecular weight excluding hydrogens is 506 g/mol. The van der Waals surface area contributed by atoms with Crippen molar-refractivity contribution in [2.24, 2.45) is 0 Å². The molecule has 2 heterocycles. The van der Waals surface area contributed by atoms with E-state index in [1.165, 1.54) is 12.1 Å². The van der Waals surface area contributed by atoms with Gasteiger partial charge in [0.1, 0.15) is 23.9 Å². The predicted octanol–water partition coefficient (Wildman–Crippen LogP) is 3.89. The number of fused-ring (bicyclic) bond motifs is 2. The third-order valence-electron chi connectivity index (χ3n) is 7.14. The van der Waals surface area contributed by atoms with E-state index in [2.05, 4.69) is 15.5 Å². The zero-order chi connectivity index (χ0) is 27.2. The number of benzene rings is 2. The highest BCUT2D eigenvalue weighted by Crippen LogP contribution is 2.42. The van der Waals surface area contributed by atoms with Crippen LogP contribution in [0, 0.1) is 5.82 Å². The minimum Gasteiger partial charge on any atom is -0.325 e. The molecule has 1 aliphatic carbocycles. The van der Waals surface area contributed by atoms with Crippen LogP contribution in [-0.2, 0) is 28.1 Å². The number of aryl methyl sites for hydroxylation is 1. The summed E-state index contributed by atoms with van der Waals surface area (Å²) in [7, 11) is 0. The smallest absolute Gasteiger partial charge is 0.325 e. The van der Waals surface area contributed by atoms with Gasteiger partial charge in [-0.2, -0.15) is 18.3 Å². The van der Waals surface area contributed by atoms with Crippen molar-refractivity contribution in [1.82, 2.24) is 25.3 Å². The van der Waals surface area contributed by atoms with E-state index in [1.807, 2.05) is 6.07 Å². The molecule has 2 atom stereocenters. The SMILES string of the molecule is C[C@H](N(Cc1ccc(F)cc1)C(=O)CN1C(=O)N[C@]2(CCc3cc(-c4ccn[nH]4)ccc32)C1=O)C(F)(F)F. The van der Waals surface area contributed by atoms with Gasteiger partial charge in [-0.1, -0.05) is 24.3 Å². The van der Waals surface area contributed by atoms with Gasteiger partial charge in [-0.3, -0.25) is 19.6 Å². The average molecular weight is 529 g/mol. The van der Waals surface area contributed by atoms with Gasteiger partial charge >= 0.3 is 12.2 Å². The molecule has 1 aromatic heterocycles. The Labute approximate surface area is 214 Å². The topological polar surface area (TPSA) is 98.4 Å². The minimum atomic E-state index is -4.76. The first kappa shape index (κ1) is 25.4. The van der Waals surface area contributed by atoms with E-state index in [0.29, 0.717) is 21.8 Å². The van der Waals surface area contributed by atoms with Crippen molar-refractivity contribution < 1.29 is 31.9 Å². The zero-order valence-electron chi connectivity index (χ0n) is 20.2. The first-order valence-electron chi connectivity index (χ1n) is 11.9.